The lowest BCUT2D eigenvalue weighted by Crippen LogP contribution is -2.65. The van der Waals surface area contributed by atoms with E-state index in [1.54, 1.807) is 5.01 Å². The van der Waals surface area contributed by atoms with Gasteiger partial charge in [0.25, 0.3) is 0 Å². The van der Waals surface area contributed by atoms with E-state index in [0.29, 0.717) is 11.6 Å². The third-order valence-corrected chi connectivity index (χ3v) is 7.69. The molecule has 1 aliphatic heterocycles. The second-order valence-electron chi connectivity index (χ2n) is 10.8. The molecule has 1 heterocycles. The second kappa shape index (κ2) is 11.3. The number of amides is 3. The van der Waals surface area contributed by atoms with E-state index in [1.807, 2.05) is 48.5 Å². The van der Waals surface area contributed by atoms with Gasteiger partial charge in [-0.05, 0) is 36.0 Å². The number of carbonyl (C=O) groups is 2. The molecule has 0 saturated heterocycles. The number of benzene rings is 3. The largest absolute Gasteiger partial charge is 0.448 e. The summed E-state index contributed by atoms with van der Waals surface area (Å²) in [7, 11) is 0. The third-order valence-electron chi connectivity index (χ3n) is 7.45. The summed E-state index contributed by atoms with van der Waals surface area (Å²) in [6, 6.07) is 21.4. The molecule has 3 amide bonds. The van der Waals surface area contributed by atoms with Gasteiger partial charge in [0.2, 0.25) is 5.91 Å². The average Bonchev–Trinajstić information content (AvgIpc) is 2.89. The standard InChI is InChI=1S/C32H38ClN3O2/c1-7-8-19-36(31-26(21(2)3)15-12-16-27(31)22(4)5)29-18-17-25(33)20-28(29)30(24-13-10-9-11-14-24)35(32(36)38)34-23(6)37/h9-18,20-22,30H,7-8,19H2,1-6H3/p+1. The van der Waals surface area contributed by atoms with Crippen LogP contribution in [-0.4, -0.2) is 23.5 Å². The van der Waals surface area contributed by atoms with Crippen molar-refractivity contribution >= 4 is 34.9 Å². The highest BCUT2D eigenvalue weighted by Crippen LogP contribution is 2.53. The van der Waals surface area contributed by atoms with Crippen LogP contribution < -0.4 is 9.91 Å². The van der Waals surface area contributed by atoms with Gasteiger partial charge in [0.15, 0.2) is 11.4 Å². The lowest BCUT2D eigenvalue weighted by Gasteiger charge is -2.48. The van der Waals surface area contributed by atoms with E-state index >= 15 is 4.79 Å². The lowest BCUT2D eigenvalue weighted by atomic mass is 9.87. The van der Waals surface area contributed by atoms with E-state index < -0.39 is 6.04 Å². The number of halogens is 1. The van der Waals surface area contributed by atoms with Crippen molar-refractivity contribution < 1.29 is 9.59 Å². The number of quaternary nitrogens is 1. The number of unbranched alkanes of at least 4 members (excludes halogenated alkanes) is 1. The molecule has 3 aromatic carbocycles. The molecular formula is C32H39ClN3O2+. The van der Waals surface area contributed by atoms with Crippen LogP contribution in [0.4, 0.5) is 16.2 Å². The van der Waals surface area contributed by atoms with Crippen LogP contribution in [0.5, 0.6) is 0 Å². The molecule has 2 unspecified atom stereocenters. The first-order chi connectivity index (χ1) is 18.1. The number of hydrogen-bond acceptors (Lipinski definition) is 2. The summed E-state index contributed by atoms with van der Waals surface area (Å²) in [6.07, 6.45) is 1.76. The monoisotopic (exact) mass is 532 g/mol. The molecule has 200 valence electrons. The van der Waals surface area contributed by atoms with E-state index in [2.05, 4.69) is 58.2 Å². The van der Waals surface area contributed by atoms with Crippen LogP contribution >= 0.6 is 11.6 Å². The third kappa shape index (κ3) is 4.85. The average molecular weight is 533 g/mol. The van der Waals surface area contributed by atoms with Crippen LogP contribution in [0.15, 0.2) is 66.7 Å². The Morgan fingerprint density at radius 1 is 0.974 bits per heavy atom. The Labute approximate surface area is 232 Å². The fourth-order valence-electron chi connectivity index (χ4n) is 5.77. The fraction of sp³-hybridized carbons (Fsp3) is 0.375. The van der Waals surface area contributed by atoms with Gasteiger partial charge < -0.3 is 0 Å². The number of nitrogens with zero attached hydrogens (tertiary/aromatic N) is 2. The van der Waals surface area contributed by atoms with Gasteiger partial charge in [0.1, 0.15) is 6.04 Å². The van der Waals surface area contributed by atoms with Crippen LogP contribution in [-0.2, 0) is 4.79 Å². The maximum Gasteiger partial charge on any atom is 0.448 e. The topological polar surface area (TPSA) is 49.4 Å². The summed E-state index contributed by atoms with van der Waals surface area (Å²) < 4.78 is 0.00578. The van der Waals surface area contributed by atoms with Gasteiger partial charge in [-0.25, -0.2) is 4.79 Å². The van der Waals surface area contributed by atoms with Crippen LogP contribution in [0.25, 0.3) is 0 Å². The fourth-order valence-corrected chi connectivity index (χ4v) is 5.95. The van der Waals surface area contributed by atoms with E-state index in [4.69, 9.17) is 11.6 Å². The first kappa shape index (κ1) is 27.9. The molecule has 6 heteroatoms. The number of fused-ring (bicyclic) bond motifs is 1. The highest BCUT2D eigenvalue weighted by molar-refractivity contribution is 6.30. The molecule has 38 heavy (non-hydrogen) atoms. The molecule has 0 spiro atoms. The van der Waals surface area contributed by atoms with Crippen LogP contribution in [0.1, 0.15) is 94.5 Å². The summed E-state index contributed by atoms with van der Waals surface area (Å²) in [5.41, 5.74) is 8.97. The van der Waals surface area contributed by atoms with Gasteiger partial charge in [0.05, 0.1) is 6.54 Å². The zero-order valence-electron chi connectivity index (χ0n) is 23.3. The van der Waals surface area contributed by atoms with E-state index in [9.17, 15) is 4.79 Å². The molecule has 0 radical (unpaired) electrons. The van der Waals surface area contributed by atoms with Crippen molar-refractivity contribution in [2.24, 2.45) is 0 Å². The molecule has 0 aliphatic carbocycles. The highest BCUT2D eigenvalue weighted by atomic mass is 35.5. The van der Waals surface area contributed by atoms with Crippen LogP contribution in [0.3, 0.4) is 0 Å². The summed E-state index contributed by atoms with van der Waals surface area (Å²) in [4.78, 5) is 27.7. The summed E-state index contributed by atoms with van der Waals surface area (Å²) in [5.74, 6) is 0.106. The smallest absolute Gasteiger partial charge is 0.274 e. The Balaban J connectivity index is 2.18. The first-order valence-corrected chi connectivity index (χ1v) is 14.0. The van der Waals surface area contributed by atoms with Gasteiger partial charge in [0, 0.05) is 34.7 Å². The maximum atomic E-state index is 15.1. The zero-order valence-corrected chi connectivity index (χ0v) is 24.0. The number of carbonyl (C=O) groups excluding carboxylic acids is 2. The summed E-state index contributed by atoms with van der Waals surface area (Å²) in [5, 5.41) is 2.14. The molecule has 1 aliphatic rings. The number of hydrazine groups is 1. The molecule has 0 saturated carbocycles. The molecule has 0 fully saturated rings. The lowest BCUT2D eigenvalue weighted by molar-refractivity contribution is -0.123. The van der Waals surface area contributed by atoms with Crippen molar-refractivity contribution in [1.29, 1.82) is 0 Å². The van der Waals surface area contributed by atoms with Crippen molar-refractivity contribution in [2.45, 2.75) is 72.3 Å². The SMILES string of the molecule is CCCC[N+]1(c2c(C(C)C)cccc2C(C)C)C(=O)N(NC(C)=O)C(c2ccccc2)c2cc(Cl)ccc21. The Bertz CT molecular complexity index is 1300. The number of hydrogen-bond donors (Lipinski definition) is 1. The minimum Gasteiger partial charge on any atom is -0.274 e. The zero-order chi connectivity index (χ0) is 27.6. The van der Waals surface area contributed by atoms with E-state index in [-0.39, 0.29) is 28.3 Å². The molecule has 2 atom stereocenters. The van der Waals surface area contributed by atoms with Gasteiger partial charge >= 0.3 is 6.03 Å². The van der Waals surface area contributed by atoms with Crippen molar-refractivity contribution in [3.05, 3.63) is 94.0 Å². The molecular weight excluding hydrogens is 494 g/mol. The predicted octanol–water partition coefficient (Wildman–Crippen LogP) is 8.60. The van der Waals surface area contributed by atoms with Crippen molar-refractivity contribution in [1.82, 2.24) is 14.9 Å². The van der Waals surface area contributed by atoms with Gasteiger partial charge in [-0.1, -0.05) is 101 Å². The summed E-state index contributed by atoms with van der Waals surface area (Å²) >= 11 is 6.63. The minimum atomic E-state index is -0.511. The van der Waals surface area contributed by atoms with Gasteiger partial charge in [-0.15, -0.1) is 0 Å². The molecule has 0 bridgehead atoms. The van der Waals surface area contributed by atoms with Crippen molar-refractivity contribution in [2.75, 3.05) is 6.54 Å². The van der Waals surface area contributed by atoms with Crippen molar-refractivity contribution in [3.8, 4) is 0 Å². The maximum absolute atomic E-state index is 15.1. The number of nitrogens with one attached hydrogen (secondary N) is 1. The van der Waals surface area contributed by atoms with Crippen LogP contribution in [0.2, 0.25) is 5.02 Å². The Morgan fingerprint density at radius 3 is 2.16 bits per heavy atom. The van der Waals surface area contributed by atoms with Crippen LogP contribution in [0, 0.1) is 0 Å². The molecule has 4 rings (SSSR count). The van der Waals surface area contributed by atoms with Gasteiger partial charge in [-0.2, -0.15) is 9.49 Å². The number of urea groups is 1. The number of rotatable bonds is 8. The molecule has 0 aromatic heterocycles. The highest BCUT2D eigenvalue weighted by Gasteiger charge is 2.56. The Hall–Kier alpha value is -3.15. The Morgan fingerprint density at radius 2 is 1.61 bits per heavy atom. The second-order valence-corrected chi connectivity index (χ2v) is 11.3. The molecule has 3 aromatic rings. The van der Waals surface area contributed by atoms with E-state index in [0.717, 1.165) is 46.5 Å². The predicted molar refractivity (Wildman–Crippen MR) is 157 cm³/mol. The van der Waals surface area contributed by atoms with Gasteiger partial charge in [-0.3, -0.25) is 10.2 Å². The Kier molecular flexibility index (Phi) is 8.29. The number of para-hydroxylation sites is 1. The minimum absolute atomic E-state index is 0.00578. The molecule has 1 N–H and O–H groups in total. The summed E-state index contributed by atoms with van der Waals surface area (Å²) in [6.45, 7) is 12.9. The molecule has 5 nitrogen and oxygen atoms in total. The van der Waals surface area contributed by atoms with E-state index in [1.165, 1.54) is 6.92 Å². The van der Waals surface area contributed by atoms with Crippen molar-refractivity contribution in [3.63, 3.8) is 0 Å². The quantitative estimate of drug-likeness (QED) is 0.295. The normalized spacial score (nSPS) is 19.1. The first-order valence-electron chi connectivity index (χ1n) is 13.6.